The predicted octanol–water partition coefficient (Wildman–Crippen LogP) is 5.27. The molecule has 2 aromatic rings. The lowest BCUT2D eigenvalue weighted by Crippen LogP contribution is -1.99. The number of benzene rings is 1. The summed E-state index contributed by atoms with van der Waals surface area (Å²) in [7, 11) is 0. The summed E-state index contributed by atoms with van der Waals surface area (Å²) in [6.07, 6.45) is 0. The van der Waals surface area contributed by atoms with Gasteiger partial charge in [0.1, 0.15) is 5.76 Å². The quantitative estimate of drug-likeness (QED) is 0.827. The molecule has 0 aliphatic rings. The van der Waals surface area contributed by atoms with Crippen molar-refractivity contribution in [2.75, 3.05) is 5.32 Å². The summed E-state index contributed by atoms with van der Waals surface area (Å²) in [5.74, 6) is 0.776. The van der Waals surface area contributed by atoms with Crippen LogP contribution >= 0.6 is 39.1 Å². The van der Waals surface area contributed by atoms with E-state index >= 15 is 0 Å². The Morgan fingerprint density at radius 2 is 2.06 bits per heavy atom. The summed E-state index contributed by atoms with van der Waals surface area (Å²) >= 11 is 15.2. The third-order valence-electron chi connectivity index (χ3n) is 2.33. The second kappa shape index (κ2) is 5.34. The maximum Gasteiger partial charge on any atom is 0.193 e. The molecular weight excluding hydrogens is 325 g/mol. The van der Waals surface area contributed by atoms with Crippen LogP contribution in [-0.4, -0.2) is 0 Å². The van der Waals surface area contributed by atoms with Crippen LogP contribution in [0.2, 0.25) is 10.2 Å². The minimum Gasteiger partial charge on any atom is -0.448 e. The van der Waals surface area contributed by atoms with Crippen LogP contribution in [0.4, 0.5) is 5.69 Å². The van der Waals surface area contributed by atoms with Crippen LogP contribution in [0.3, 0.4) is 0 Å². The number of rotatable bonds is 3. The molecule has 0 aliphatic carbocycles. The summed E-state index contributed by atoms with van der Waals surface area (Å²) < 4.78 is 6.22. The molecule has 0 atom stereocenters. The van der Waals surface area contributed by atoms with Crippen LogP contribution in [0, 0.1) is 6.92 Å². The molecule has 17 heavy (non-hydrogen) atoms. The highest BCUT2D eigenvalue weighted by molar-refractivity contribution is 9.10. The monoisotopic (exact) mass is 333 g/mol. The Morgan fingerprint density at radius 1 is 1.29 bits per heavy atom. The number of halogens is 3. The number of hydrogen-bond donors (Lipinski definition) is 1. The van der Waals surface area contributed by atoms with E-state index in [1.165, 1.54) is 0 Å². The van der Waals surface area contributed by atoms with Crippen LogP contribution in [0.15, 0.2) is 33.2 Å². The van der Waals surface area contributed by atoms with Gasteiger partial charge in [-0.3, -0.25) is 0 Å². The van der Waals surface area contributed by atoms with Crippen molar-refractivity contribution >= 4 is 44.8 Å². The first-order chi connectivity index (χ1) is 8.06. The van der Waals surface area contributed by atoms with Gasteiger partial charge in [-0.2, -0.15) is 0 Å². The maximum absolute atomic E-state index is 6.07. The third-order valence-corrected chi connectivity index (χ3v) is 3.60. The van der Waals surface area contributed by atoms with Crippen molar-refractivity contribution in [2.24, 2.45) is 0 Å². The zero-order valence-corrected chi connectivity index (χ0v) is 12.2. The summed E-state index contributed by atoms with van der Waals surface area (Å²) in [6, 6.07) is 7.40. The predicted molar refractivity (Wildman–Crippen MR) is 74.9 cm³/mol. The van der Waals surface area contributed by atoms with Crippen molar-refractivity contribution in [2.45, 2.75) is 13.5 Å². The molecule has 0 saturated heterocycles. The van der Waals surface area contributed by atoms with Crippen molar-refractivity contribution < 1.29 is 4.42 Å². The Bertz CT molecular complexity index is 539. The van der Waals surface area contributed by atoms with E-state index in [4.69, 9.17) is 27.6 Å². The lowest BCUT2D eigenvalue weighted by Gasteiger charge is -2.09. The van der Waals surface area contributed by atoms with Gasteiger partial charge in [-0.25, -0.2) is 0 Å². The normalized spacial score (nSPS) is 10.6. The summed E-state index contributed by atoms with van der Waals surface area (Å²) in [5.41, 5.74) is 1.96. The second-order valence-electron chi connectivity index (χ2n) is 3.64. The van der Waals surface area contributed by atoms with Gasteiger partial charge in [0.2, 0.25) is 0 Å². The van der Waals surface area contributed by atoms with Crippen molar-refractivity contribution in [1.29, 1.82) is 0 Å². The minimum absolute atomic E-state index is 0.391. The zero-order valence-electron chi connectivity index (χ0n) is 9.06. The Morgan fingerprint density at radius 3 is 2.71 bits per heavy atom. The summed E-state index contributed by atoms with van der Waals surface area (Å²) in [6.45, 7) is 2.52. The molecule has 5 heteroatoms. The average Bonchev–Trinajstić information content (AvgIpc) is 2.68. The standard InChI is InChI=1S/C12H10BrCl2NO/c1-7-4-9(13)11(5-10(7)14)16-6-8-2-3-12(15)17-8/h2-5,16H,6H2,1H3. The Labute approximate surface area is 118 Å². The van der Waals surface area contributed by atoms with Gasteiger partial charge < -0.3 is 9.73 Å². The first-order valence-corrected chi connectivity index (χ1v) is 6.55. The van der Waals surface area contributed by atoms with Gasteiger partial charge >= 0.3 is 0 Å². The van der Waals surface area contributed by atoms with Crippen LogP contribution in [0.1, 0.15) is 11.3 Å². The van der Waals surface area contributed by atoms with E-state index in [9.17, 15) is 0 Å². The largest absolute Gasteiger partial charge is 0.448 e. The molecule has 0 saturated carbocycles. The Balaban J connectivity index is 2.11. The molecule has 0 aliphatic heterocycles. The molecule has 2 nitrogen and oxygen atoms in total. The molecule has 2 rings (SSSR count). The van der Waals surface area contributed by atoms with Gasteiger partial charge in [-0.05, 0) is 64.3 Å². The van der Waals surface area contributed by atoms with Gasteiger partial charge in [0, 0.05) is 9.50 Å². The van der Waals surface area contributed by atoms with Crippen LogP contribution in [0.5, 0.6) is 0 Å². The van der Waals surface area contributed by atoms with Gasteiger partial charge in [-0.15, -0.1) is 0 Å². The SMILES string of the molecule is Cc1cc(Br)c(NCc2ccc(Cl)o2)cc1Cl. The zero-order chi connectivity index (χ0) is 12.4. The highest BCUT2D eigenvalue weighted by atomic mass is 79.9. The van der Waals surface area contributed by atoms with E-state index in [0.717, 1.165) is 26.5 Å². The molecule has 0 radical (unpaired) electrons. The molecule has 1 aromatic heterocycles. The van der Waals surface area contributed by atoms with Gasteiger partial charge in [0.05, 0.1) is 12.2 Å². The maximum atomic E-state index is 6.07. The topological polar surface area (TPSA) is 25.2 Å². The molecule has 1 N–H and O–H groups in total. The number of aryl methyl sites for hydroxylation is 1. The van der Waals surface area contributed by atoms with E-state index in [1.54, 1.807) is 6.07 Å². The minimum atomic E-state index is 0.391. The number of anilines is 1. The Kier molecular flexibility index (Phi) is 4.02. The fourth-order valence-electron chi connectivity index (χ4n) is 1.41. The lowest BCUT2D eigenvalue weighted by molar-refractivity contribution is 0.520. The molecule has 0 amide bonds. The molecule has 90 valence electrons. The van der Waals surface area contributed by atoms with Gasteiger partial charge in [-0.1, -0.05) is 11.6 Å². The first-order valence-electron chi connectivity index (χ1n) is 5.00. The molecule has 0 unspecified atom stereocenters. The van der Waals surface area contributed by atoms with E-state index in [-0.39, 0.29) is 0 Å². The van der Waals surface area contributed by atoms with Crippen molar-refractivity contribution in [3.8, 4) is 0 Å². The lowest BCUT2D eigenvalue weighted by atomic mass is 10.2. The van der Waals surface area contributed by atoms with Gasteiger partial charge in [0.15, 0.2) is 5.22 Å². The van der Waals surface area contributed by atoms with Crippen LogP contribution in [-0.2, 0) is 6.54 Å². The smallest absolute Gasteiger partial charge is 0.193 e. The van der Waals surface area contributed by atoms with Crippen molar-refractivity contribution in [3.05, 3.63) is 50.3 Å². The summed E-state index contributed by atoms with van der Waals surface area (Å²) in [5, 5.41) is 4.35. The van der Waals surface area contributed by atoms with E-state index < -0.39 is 0 Å². The summed E-state index contributed by atoms with van der Waals surface area (Å²) in [4.78, 5) is 0. The van der Waals surface area contributed by atoms with E-state index in [2.05, 4.69) is 21.2 Å². The molecule has 0 spiro atoms. The fraction of sp³-hybridized carbons (Fsp3) is 0.167. The third kappa shape index (κ3) is 3.18. The fourth-order valence-corrected chi connectivity index (χ4v) is 2.33. The molecule has 0 bridgehead atoms. The number of hydrogen-bond acceptors (Lipinski definition) is 2. The van der Waals surface area contributed by atoms with Crippen molar-refractivity contribution in [1.82, 2.24) is 0 Å². The van der Waals surface area contributed by atoms with Crippen molar-refractivity contribution in [3.63, 3.8) is 0 Å². The van der Waals surface area contributed by atoms with Gasteiger partial charge in [0.25, 0.3) is 0 Å². The Hall–Kier alpha value is -0.640. The van der Waals surface area contributed by atoms with Crippen LogP contribution in [0.25, 0.3) is 0 Å². The van der Waals surface area contributed by atoms with E-state index in [0.29, 0.717) is 11.8 Å². The number of furan rings is 1. The average molecular weight is 335 g/mol. The molecule has 0 fully saturated rings. The van der Waals surface area contributed by atoms with E-state index in [1.807, 2.05) is 25.1 Å². The number of nitrogens with one attached hydrogen (secondary N) is 1. The molecule has 1 aromatic carbocycles. The highest BCUT2D eigenvalue weighted by Crippen LogP contribution is 2.29. The second-order valence-corrected chi connectivity index (χ2v) is 5.27. The molecule has 1 heterocycles. The highest BCUT2D eigenvalue weighted by Gasteiger charge is 2.05. The molecular formula is C12H10BrCl2NO. The first kappa shape index (κ1) is 12.8. The van der Waals surface area contributed by atoms with Crippen LogP contribution < -0.4 is 5.32 Å².